The largest absolute Gasteiger partial charge is 0.497 e. The molecule has 2 fully saturated rings. The summed E-state index contributed by atoms with van der Waals surface area (Å²) in [5.74, 6) is 0.158. The van der Waals surface area contributed by atoms with Crippen LogP contribution in [-0.2, 0) is 10.2 Å². The molecule has 1 aliphatic carbocycles. The van der Waals surface area contributed by atoms with E-state index in [1.807, 2.05) is 18.0 Å². The maximum Gasteiger partial charge on any atom is 0.321 e. The molecule has 2 heterocycles. The highest BCUT2D eigenvalue weighted by Crippen LogP contribution is 2.58. The van der Waals surface area contributed by atoms with Crippen LogP contribution in [-0.4, -0.2) is 65.9 Å². The van der Waals surface area contributed by atoms with Crippen molar-refractivity contribution in [2.45, 2.75) is 42.4 Å². The van der Waals surface area contributed by atoms with E-state index >= 15 is 0 Å². The van der Waals surface area contributed by atoms with Crippen LogP contribution in [0.5, 0.6) is 5.75 Å². The number of ether oxygens (including phenoxy) is 1. The first kappa shape index (κ1) is 18.2. The number of likely N-dealkylation sites (tertiary alicyclic amines) is 1. The molecule has 1 aromatic carbocycles. The predicted octanol–water partition coefficient (Wildman–Crippen LogP) is 0.0348. The van der Waals surface area contributed by atoms with Crippen molar-refractivity contribution in [3.63, 3.8) is 0 Å². The van der Waals surface area contributed by atoms with Gasteiger partial charge in [-0.2, -0.15) is 0 Å². The Morgan fingerprint density at radius 2 is 2.07 bits per heavy atom. The fourth-order valence-electron chi connectivity index (χ4n) is 5.32. The molecule has 0 saturated carbocycles. The van der Waals surface area contributed by atoms with Crippen molar-refractivity contribution in [1.82, 2.24) is 15.5 Å². The van der Waals surface area contributed by atoms with Crippen LogP contribution >= 0.6 is 0 Å². The van der Waals surface area contributed by atoms with Crippen LogP contribution in [0.15, 0.2) is 18.2 Å². The average molecular weight is 375 g/mol. The Bertz CT molecular complexity index is 800. The lowest BCUT2D eigenvalue weighted by molar-refractivity contribution is -0.183. The maximum atomic E-state index is 12.6. The van der Waals surface area contributed by atoms with Crippen molar-refractivity contribution in [3.05, 3.63) is 29.3 Å². The maximum absolute atomic E-state index is 12.6. The molecule has 4 atom stereocenters. The van der Waals surface area contributed by atoms with E-state index in [9.17, 15) is 19.8 Å². The first-order valence-corrected chi connectivity index (χ1v) is 9.19. The van der Waals surface area contributed by atoms with Gasteiger partial charge in [-0.3, -0.25) is 15.0 Å². The van der Waals surface area contributed by atoms with E-state index in [4.69, 9.17) is 4.74 Å². The fraction of sp³-hybridized carbons (Fsp3) is 0.579. The number of urea groups is 1. The summed E-state index contributed by atoms with van der Waals surface area (Å²) in [4.78, 5) is 26.4. The van der Waals surface area contributed by atoms with Crippen molar-refractivity contribution in [2.75, 3.05) is 27.2 Å². The fourth-order valence-corrected chi connectivity index (χ4v) is 5.32. The highest BCUT2D eigenvalue weighted by Gasteiger charge is 2.65. The number of carbonyl (C=O) groups is 2. The number of likely N-dealkylation sites (N-methyl/N-ethyl adjacent to an activating group) is 1. The van der Waals surface area contributed by atoms with Crippen LogP contribution in [0.25, 0.3) is 0 Å². The van der Waals surface area contributed by atoms with Crippen LogP contribution in [0.4, 0.5) is 4.79 Å². The summed E-state index contributed by atoms with van der Waals surface area (Å²) in [6.45, 7) is 0.822. The number of hydrogen-bond donors (Lipinski definition) is 4. The number of nitrogens with one attached hydrogen (secondary N) is 2. The molecule has 4 N–H and O–H groups in total. The van der Waals surface area contributed by atoms with E-state index < -0.39 is 35.1 Å². The molecule has 27 heavy (non-hydrogen) atoms. The van der Waals surface area contributed by atoms with Crippen molar-refractivity contribution >= 4 is 11.9 Å². The number of benzene rings is 1. The van der Waals surface area contributed by atoms with Gasteiger partial charge in [0.25, 0.3) is 0 Å². The number of piperidine rings is 1. The van der Waals surface area contributed by atoms with Crippen LogP contribution in [0.3, 0.4) is 0 Å². The zero-order valence-corrected chi connectivity index (χ0v) is 15.5. The second-order valence-corrected chi connectivity index (χ2v) is 7.81. The van der Waals surface area contributed by atoms with Crippen molar-refractivity contribution < 1.29 is 24.5 Å². The predicted molar refractivity (Wildman–Crippen MR) is 96.4 cm³/mol. The van der Waals surface area contributed by atoms with Gasteiger partial charge in [-0.05, 0) is 49.7 Å². The SMILES string of the molecule is COc1ccc2c(c1)[C@]13CCN(C)[C@H]([C@@H]2O)[C@]1(O)CCNC(=O)NC(=O)C3. The highest BCUT2D eigenvalue weighted by molar-refractivity contribution is 5.95. The number of amides is 3. The number of aliphatic hydroxyl groups excluding tert-OH is 1. The Balaban J connectivity index is 1.97. The minimum absolute atomic E-state index is 0.0336. The van der Waals surface area contributed by atoms with Gasteiger partial charge in [0, 0.05) is 18.4 Å². The Hall–Kier alpha value is -2.16. The van der Waals surface area contributed by atoms with Crippen LogP contribution < -0.4 is 15.4 Å². The van der Waals surface area contributed by atoms with Gasteiger partial charge in [0.05, 0.1) is 24.9 Å². The number of carbonyl (C=O) groups excluding carboxylic acids is 2. The van der Waals surface area contributed by atoms with Gasteiger partial charge in [-0.15, -0.1) is 0 Å². The minimum Gasteiger partial charge on any atom is -0.497 e. The molecule has 2 bridgehead atoms. The second kappa shape index (κ2) is 6.19. The van der Waals surface area contributed by atoms with Crippen LogP contribution in [0.1, 0.15) is 36.5 Å². The zero-order chi connectivity index (χ0) is 19.4. The number of fused-ring (bicyclic) bond motifs is 1. The first-order valence-electron chi connectivity index (χ1n) is 9.19. The number of aliphatic hydroxyl groups is 2. The number of rotatable bonds is 1. The van der Waals surface area contributed by atoms with Gasteiger partial charge >= 0.3 is 6.03 Å². The summed E-state index contributed by atoms with van der Waals surface area (Å²) < 4.78 is 5.37. The first-order chi connectivity index (χ1) is 12.8. The Kier molecular flexibility index (Phi) is 4.17. The van der Waals surface area contributed by atoms with E-state index in [0.29, 0.717) is 24.3 Å². The molecule has 8 nitrogen and oxygen atoms in total. The monoisotopic (exact) mass is 375 g/mol. The van der Waals surface area contributed by atoms with Gasteiger partial charge in [-0.1, -0.05) is 6.07 Å². The summed E-state index contributed by atoms with van der Waals surface area (Å²) in [6.07, 6.45) is -0.177. The summed E-state index contributed by atoms with van der Waals surface area (Å²) in [5, 5.41) is 28.1. The summed E-state index contributed by atoms with van der Waals surface area (Å²) >= 11 is 0. The van der Waals surface area contributed by atoms with Crippen molar-refractivity contribution in [1.29, 1.82) is 0 Å². The third-order valence-corrected chi connectivity index (χ3v) is 6.58. The summed E-state index contributed by atoms with van der Waals surface area (Å²) in [6, 6.07) is 4.26. The number of methoxy groups -OCH3 is 1. The van der Waals surface area contributed by atoms with E-state index in [2.05, 4.69) is 10.6 Å². The summed E-state index contributed by atoms with van der Waals surface area (Å²) in [5.41, 5.74) is -0.869. The quantitative estimate of drug-likeness (QED) is 0.551. The van der Waals surface area contributed by atoms with Gasteiger partial charge in [0.2, 0.25) is 5.91 Å². The lowest BCUT2D eigenvalue weighted by Gasteiger charge is -2.62. The molecule has 0 unspecified atom stereocenters. The smallest absolute Gasteiger partial charge is 0.321 e. The molecule has 1 aromatic rings. The molecule has 0 radical (unpaired) electrons. The lowest BCUT2D eigenvalue weighted by atomic mass is 9.51. The number of hydrogen-bond acceptors (Lipinski definition) is 6. The Morgan fingerprint density at radius 3 is 2.81 bits per heavy atom. The van der Waals surface area contributed by atoms with Crippen molar-refractivity contribution in [3.8, 4) is 5.75 Å². The van der Waals surface area contributed by atoms with E-state index in [1.165, 1.54) is 0 Å². The third kappa shape index (κ3) is 2.47. The van der Waals surface area contributed by atoms with Gasteiger partial charge in [0.15, 0.2) is 0 Å². The molecular formula is C19H25N3O5. The number of nitrogens with zero attached hydrogens (tertiary/aromatic N) is 1. The zero-order valence-electron chi connectivity index (χ0n) is 15.5. The molecule has 146 valence electrons. The van der Waals surface area contributed by atoms with Crippen LogP contribution in [0.2, 0.25) is 0 Å². The van der Waals surface area contributed by atoms with Gasteiger partial charge in [0.1, 0.15) is 5.75 Å². The molecule has 2 aliphatic heterocycles. The van der Waals surface area contributed by atoms with E-state index in [0.717, 1.165) is 5.56 Å². The third-order valence-electron chi connectivity index (χ3n) is 6.58. The van der Waals surface area contributed by atoms with Crippen LogP contribution in [0, 0.1) is 0 Å². The second-order valence-electron chi connectivity index (χ2n) is 7.81. The normalized spacial score (nSPS) is 36.3. The molecule has 0 aromatic heterocycles. The summed E-state index contributed by atoms with van der Waals surface area (Å²) in [7, 11) is 3.43. The number of imide groups is 1. The van der Waals surface area contributed by atoms with Gasteiger partial charge < -0.3 is 20.3 Å². The molecule has 2 saturated heterocycles. The standard InChI is InChI=1S/C19H25N3O5/c1-22-8-6-18-10-14(23)21-17(25)20-7-5-19(18,26)16(22)15(24)12-4-3-11(27-2)9-13(12)18/h3-4,9,15-16,24,26H,5-8,10H2,1-2H3,(H2,20,21,23,25)/t15-,16-,18-,19-/m1/s1. The topological polar surface area (TPSA) is 111 Å². The Labute approximate surface area is 157 Å². The molecule has 8 heteroatoms. The van der Waals surface area contributed by atoms with Crippen molar-refractivity contribution in [2.24, 2.45) is 0 Å². The lowest BCUT2D eigenvalue weighted by Crippen LogP contribution is -2.72. The molecule has 4 rings (SSSR count). The van der Waals surface area contributed by atoms with E-state index in [1.54, 1.807) is 19.2 Å². The highest BCUT2D eigenvalue weighted by atomic mass is 16.5. The molecule has 3 amide bonds. The van der Waals surface area contributed by atoms with E-state index in [-0.39, 0.29) is 19.4 Å². The Morgan fingerprint density at radius 1 is 1.30 bits per heavy atom. The van der Waals surface area contributed by atoms with Gasteiger partial charge in [-0.25, -0.2) is 4.79 Å². The molecule has 0 spiro atoms. The average Bonchev–Trinajstić information content (AvgIpc) is 2.67. The molecular weight excluding hydrogens is 350 g/mol. The molecule has 3 aliphatic rings. The minimum atomic E-state index is -1.38.